The van der Waals surface area contributed by atoms with Crippen LogP contribution in [0.15, 0.2) is 6.20 Å². The second-order valence-corrected chi connectivity index (χ2v) is 5.00. The van der Waals surface area contributed by atoms with Crippen LogP contribution in [0.2, 0.25) is 0 Å². The molecular weight excluding hydrogens is 328 g/mol. The van der Waals surface area contributed by atoms with E-state index in [1.54, 1.807) is 13.8 Å². The molecule has 0 aromatic carbocycles. The third kappa shape index (κ3) is 6.48. The van der Waals surface area contributed by atoms with E-state index in [2.05, 4.69) is 22.5 Å². The number of hydrogen-bond acceptors (Lipinski definition) is 8. The summed E-state index contributed by atoms with van der Waals surface area (Å²) in [4.78, 5) is 37.0. The van der Waals surface area contributed by atoms with E-state index in [0.717, 1.165) is 6.20 Å². The lowest BCUT2D eigenvalue weighted by Crippen LogP contribution is -2.31. The summed E-state index contributed by atoms with van der Waals surface area (Å²) in [5.41, 5.74) is 0. The van der Waals surface area contributed by atoms with Crippen LogP contribution in [0.5, 0.6) is 0 Å². The number of nitrogens with zero attached hydrogens (tertiary/aromatic N) is 3. The van der Waals surface area contributed by atoms with Gasteiger partial charge in [0.05, 0.1) is 4.99 Å². The van der Waals surface area contributed by atoms with Crippen LogP contribution < -0.4 is 5.32 Å². The number of ether oxygens (including phenoxy) is 2. The van der Waals surface area contributed by atoms with E-state index in [4.69, 9.17) is 9.47 Å². The molecular formula is C12H16N4O6S. The lowest BCUT2D eigenvalue weighted by atomic mass is 10.5. The second kappa shape index (κ2) is 8.90. The molecule has 11 heteroatoms. The first-order valence-electron chi connectivity index (χ1n) is 6.51. The zero-order chi connectivity index (χ0) is 17.4. The summed E-state index contributed by atoms with van der Waals surface area (Å²) in [6.07, 6.45) is 1.14. The van der Waals surface area contributed by atoms with Crippen LogP contribution >= 0.6 is 12.2 Å². The standard InChI is InChI=1S/C12H16N4O6S/c1-8-13-5-11(16(19)20)15(8)3-4-22-12(18)7-21-6-10(17)14-9(2)23/h5H,3-4,6-7H2,1-2H3,(H,14,17,23). The Hall–Kier alpha value is -2.40. The smallest absolute Gasteiger partial charge is 0.342 e. The molecule has 1 amide bonds. The number of carbonyl (C=O) groups excluding carboxylic acids is 2. The minimum absolute atomic E-state index is 0.0779. The molecule has 0 saturated carbocycles. The van der Waals surface area contributed by atoms with Crippen LogP contribution in [-0.2, 0) is 25.6 Å². The van der Waals surface area contributed by atoms with Gasteiger partial charge in [0, 0.05) is 6.92 Å². The van der Waals surface area contributed by atoms with Crippen molar-refractivity contribution in [3.63, 3.8) is 0 Å². The number of carbonyl (C=O) groups is 2. The van der Waals surface area contributed by atoms with E-state index in [1.807, 2.05) is 0 Å². The average Bonchev–Trinajstić information content (AvgIpc) is 2.79. The van der Waals surface area contributed by atoms with Gasteiger partial charge in [0.1, 0.15) is 32.6 Å². The molecule has 126 valence electrons. The average molecular weight is 344 g/mol. The first-order valence-corrected chi connectivity index (χ1v) is 6.92. The molecule has 1 aromatic heterocycles. The topological polar surface area (TPSA) is 126 Å². The molecule has 0 radical (unpaired) electrons. The molecule has 23 heavy (non-hydrogen) atoms. The van der Waals surface area contributed by atoms with Crippen molar-refractivity contribution >= 4 is 34.9 Å². The first-order chi connectivity index (χ1) is 10.8. The fourth-order valence-electron chi connectivity index (χ4n) is 1.63. The van der Waals surface area contributed by atoms with E-state index in [-0.39, 0.29) is 25.6 Å². The highest BCUT2D eigenvalue weighted by Gasteiger charge is 2.17. The van der Waals surface area contributed by atoms with Crippen molar-refractivity contribution in [2.45, 2.75) is 20.4 Å². The Morgan fingerprint density at radius 3 is 2.78 bits per heavy atom. The molecule has 0 aliphatic heterocycles. The number of nitrogens with one attached hydrogen (secondary N) is 1. The van der Waals surface area contributed by atoms with Crippen LogP contribution in [0.3, 0.4) is 0 Å². The molecule has 0 spiro atoms. The largest absolute Gasteiger partial charge is 0.460 e. The van der Waals surface area contributed by atoms with Crippen molar-refractivity contribution in [2.24, 2.45) is 0 Å². The summed E-state index contributed by atoms with van der Waals surface area (Å²) in [7, 11) is 0. The molecule has 1 N–H and O–H groups in total. The number of rotatable bonds is 8. The Balaban J connectivity index is 2.30. The molecule has 1 aromatic rings. The maximum absolute atomic E-state index is 11.4. The van der Waals surface area contributed by atoms with E-state index in [1.165, 1.54) is 4.57 Å². The van der Waals surface area contributed by atoms with E-state index in [9.17, 15) is 19.7 Å². The maximum Gasteiger partial charge on any atom is 0.342 e. The fourth-order valence-corrected chi connectivity index (χ4v) is 1.74. The molecule has 0 bridgehead atoms. The maximum atomic E-state index is 11.4. The Morgan fingerprint density at radius 1 is 1.48 bits per heavy atom. The normalized spacial score (nSPS) is 10.2. The minimum atomic E-state index is -0.683. The molecule has 0 saturated heterocycles. The van der Waals surface area contributed by atoms with Gasteiger partial charge in [0.2, 0.25) is 0 Å². The van der Waals surface area contributed by atoms with Gasteiger partial charge in [0.25, 0.3) is 5.91 Å². The van der Waals surface area contributed by atoms with Crippen LogP contribution in [-0.4, -0.2) is 51.2 Å². The predicted octanol–water partition coefficient (Wildman–Crippen LogP) is 0.123. The van der Waals surface area contributed by atoms with Gasteiger partial charge >= 0.3 is 11.8 Å². The van der Waals surface area contributed by atoms with Gasteiger partial charge in [-0.2, -0.15) is 0 Å². The van der Waals surface area contributed by atoms with Crippen molar-refractivity contribution in [1.29, 1.82) is 0 Å². The van der Waals surface area contributed by atoms with Gasteiger partial charge in [-0.25, -0.2) is 14.3 Å². The molecule has 10 nitrogen and oxygen atoms in total. The van der Waals surface area contributed by atoms with Gasteiger partial charge in [-0.3, -0.25) is 4.79 Å². The lowest BCUT2D eigenvalue weighted by Gasteiger charge is -2.06. The van der Waals surface area contributed by atoms with Gasteiger partial charge < -0.3 is 24.9 Å². The second-order valence-electron chi connectivity index (χ2n) is 4.39. The summed E-state index contributed by atoms with van der Waals surface area (Å²) in [6, 6.07) is 0. The summed E-state index contributed by atoms with van der Waals surface area (Å²) < 4.78 is 11.1. The van der Waals surface area contributed by atoms with E-state index >= 15 is 0 Å². The van der Waals surface area contributed by atoms with Crippen molar-refractivity contribution in [2.75, 3.05) is 19.8 Å². The summed E-state index contributed by atoms with van der Waals surface area (Å²) in [5, 5.41) is 13.1. The number of aromatic nitrogens is 2. The van der Waals surface area contributed by atoms with Crippen LogP contribution in [0.4, 0.5) is 5.82 Å². The number of aryl methyl sites for hydroxylation is 1. The summed E-state index contributed by atoms with van der Waals surface area (Å²) >= 11 is 4.67. The molecule has 1 heterocycles. The van der Waals surface area contributed by atoms with E-state index in [0.29, 0.717) is 10.8 Å². The third-order valence-electron chi connectivity index (χ3n) is 2.57. The van der Waals surface area contributed by atoms with Crippen LogP contribution in [0, 0.1) is 17.0 Å². The Labute approximate surface area is 136 Å². The lowest BCUT2D eigenvalue weighted by molar-refractivity contribution is -0.392. The summed E-state index contributed by atoms with van der Waals surface area (Å²) in [6.45, 7) is 2.43. The highest BCUT2D eigenvalue weighted by molar-refractivity contribution is 7.80. The number of nitro groups is 1. The van der Waals surface area contributed by atoms with Crippen molar-refractivity contribution < 1.29 is 24.0 Å². The molecule has 0 unspecified atom stereocenters. The molecule has 0 aliphatic rings. The first kappa shape index (κ1) is 18.6. The SMILES string of the molecule is CC(=S)NC(=O)COCC(=O)OCCn1c([N+](=O)[O-])cnc1C. The highest BCUT2D eigenvalue weighted by Crippen LogP contribution is 2.12. The van der Waals surface area contributed by atoms with Crippen molar-refractivity contribution in [3.8, 4) is 0 Å². The number of amides is 1. The van der Waals surface area contributed by atoms with Gasteiger partial charge in [-0.05, 0) is 11.8 Å². The predicted molar refractivity (Wildman–Crippen MR) is 81.8 cm³/mol. The van der Waals surface area contributed by atoms with Crippen molar-refractivity contribution in [1.82, 2.24) is 14.9 Å². The Bertz CT molecular complexity index is 615. The molecule has 0 atom stereocenters. The highest BCUT2D eigenvalue weighted by atomic mass is 32.1. The minimum Gasteiger partial charge on any atom is -0.460 e. The zero-order valence-electron chi connectivity index (χ0n) is 12.6. The van der Waals surface area contributed by atoms with Gasteiger partial charge in [-0.1, -0.05) is 12.2 Å². The molecule has 0 aliphatic carbocycles. The zero-order valence-corrected chi connectivity index (χ0v) is 13.4. The number of esters is 1. The Morgan fingerprint density at radius 2 is 2.17 bits per heavy atom. The van der Waals surface area contributed by atoms with Crippen molar-refractivity contribution in [3.05, 3.63) is 22.1 Å². The summed E-state index contributed by atoms with van der Waals surface area (Å²) in [5.74, 6) is -0.884. The van der Waals surface area contributed by atoms with Gasteiger partial charge in [-0.15, -0.1) is 0 Å². The van der Waals surface area contributed by atoms with Crippen LogP contribution in [0.25, 0.3) is 0 Å². The number of imidazole rings is 1. The van der Waals surface area contributed by atoms with Crippen LogP contribution in [0.1, 0.15) is 12.7 Å². The third-order valence-corrected chi connectivity index (χ3v) is 2.67. The Kier molecular flexibility index (Phi) is 7.22. The quantitative estimate of drug-likeness (QED) is 0.305. The molecule has 0 fully saturated rings. The number of thiocarbonyl (C=S) groups is 1. The van der Waals surface area contributed by atoms with Gasteiger partial charge in [0.15, 0.2) is 5.82 Å². The molecule has 1 rings (SSSR count). The fraction of sp³-hybridized carbons (Fsp3) is 0.500. The number of hydrogen-bond donors (Lipinski definition) is 1. The monoisotopic (exact) mass is 344 g/mol. The van der Waals surface area contributed by atoms with E-state index < -0.39 is 23.4 Å².